The van der Waals surface area contributed by atoms with Gasteiger partial charge in [0.05, 0.1) is 12.1 Å². The molecule has 19 heavy (non-hydrogen) atoms. The van der Waals surface area contributed by atoms with Gasteiger partial charge in [-0.05, 0) is 30.5 Å². The van der Waals surface area contributed by atoms with Gasteiger partial charge in [-0.25, -0.2) is 4.39 Å². The number of nitrogens with zero attached hydrogens (tertiary/aromatic N) is 1. The lowest BCUT2D eigenvalue weighted by Crippen LogP contribution is -2.36. The minimum Gasteiger partial charge on any atom is -0.360 e. The van der Waals surface area contributed by atoms with E-state index in [1.807, 2.05) is 6.07 Å². The molecule has 3 rings (SSSR count). The van der Waals surface area contributed by atoms with Gasteiger partial charge in [0.2, 0.25) is 0 Å². The number of aliphatic imine (C=N–C) groups is 1. The highest BCUT2D eigenvalue weighted by atomic mass is 79.9. The van der Waals surface area contributed by atoms with E-state index in [9.17, 15) is 4.39 Å². The van der Waals surface area contributed by atoms with Gasteiger partial charge in [-0.1, -0.05) is 46.6 Å². The largest absolute Gasteiger partial charge is 0.360 e. The van der Waals surface area contributed by atoms with Crippen LogP contribution in [0, 0.1) is 5.82 Å². The summed E-state index contributed by atoms with van der Waals surface area (Å²) in [5, 5.41) is 4.57. The van der Waals surface area contributed by atoms with Crippen LogP contribution in [0.15, 0.2) is 27.7 Å². The van der Waals surface area contributed by atoms with Gasteiger partial charge in [0.25, 0.3) is 0 Å². The summed E-state index contributed by atoms with van der Waals surface area (Å²) in [6.07, 6.45) is 5.05. The first-order chi connectivity index (χ1) is 9.22. The SMILES string of the molecule is Fc1ccc(CSC2=N[C@@H]3CCCC[C@@H]3N2)c(Br)c1. The maximum absolute atomic E-state index is 13.0. The second-order valence-corrected chi connectivity index (χ2v) is 6.88. The van der Waals surface area contributed by atoms with Crippen molar-refractivity contribution in [3.63, 3.8) is 0 Å². The average Bonchev–Trinajstić information content (AvgIpc) is 2.80. The fraction of sp³-hybridized carbons (Fsp3) is 0.500. The van der Waals surface area contributed by atoms with Crippen LogP contribution < -0.4 is 5.32 Å². The van der Waals surface area contributed by atoms with E-state index in [0.29, 0.717) is 12.1 Å². The van der Waals surface area contributed by atoms with Crippen LogP contribution in [0.1, 0.15) is 31.2 Å². The fourth-order valence-corrected chi connectivity index (χ4v) is 4.31. The summed E-state index contributed by atoms with van der Waals surface area (Å²) in [6, 6.07) is 5.87. The molecule has 1 N–H and O–H groups in total. The van der Waals surface area contributed by atoms with Crippen LogP contribution in [0.3, 0.4) is 0 Å². The van der Waals surface area contributed by atoms with Crippen molar-refractivity contribution >= 4 is 32.9 Å². The Morgan fingerprint density at radius 3 is 3.00 bits per heavy atom. The first kappa shape index (κ1) is 13.4. The van der Waals surface area contributed by atoms with Crippen LogP contribution in [-0.2, 0) is 5.75 Å². The van der Waals surface area contributed by atoms with Gasteiger partial charge in [-0.2, -0.15) is 0 Å². The lowest BCUT2D eigenvalue weighted by Gasteiger charge is -2.23. The van der Waals surface area contributed by atoms with E-state index in [-0.39, 0.29) is 5.82 Å². The molecule has 1 aromatic carbocycles. The molecule has 2 aliphatic rings. The van der Waals surface area contributed by atoms with Crippen LogP contribution in [0.2, 0.25) is 0 Å². The third-order valence-corrected chi connectivity index (χ3v) is 5.39. The molecule has 5 heteroatoms. The van der Waals surface area contributed by atoms with Gasteiger partial charge in [0.15, 0.2) is 5.17 Å². The Labute approximate surface area is 125 Å². The van der Waals surface area contributed by atoms with Crippen molar-refractivity contribution in [2.45, 2.75) is 43.5 Å². The molecule has 0 bridgehead atoms. The van der Waals surface area contributed by atoms with Gasteiger partial charge < -0.3 is 5.32 Å². The van der Waals surface area contributed by atoms with E-state index >= 15 is 0 Å². The number of rotatable bonds is 2. The Bertz CT molecular complexity index is 506. The van der Waals surface area contributed by atoms with E-state index in [2.05, 4.69) is 21.2 Å². The molecule has 2 atom stereocenters. The highest BCUT2D eigenvalue weighted by Gasteiger charge is 2.30. The second-order valence-electron chi connectivity index (χ2n) is 5.06. The summed E-state index contributed by atoms with van der Waals surface area (Å²) < 4.78 is 13.8. The first-order valence-electron chi connectivity index (χ1n) is 6.63. The predicted molar refractivity (Wildman–Crippen MR) is 82.0 cm³/mol. The van der Waals surface area contributed by atoms with Crippen LogP contribution in [0.25, 0.3) is 0 Å². The van der Waals surface area contributed by atoms with Crippen molar-refractivity contribution in [2.75, 3.05) is 0 Å². The Hall–Kier alpha value is -0.550. The van der Waals surface area contributed by atoms with Gasteiger partial charge in [-0.15, -0.1) is 0 Å². The van der Waals surface area contributed by atoms with Crippen LogP contribution >= 0.6 is 27.7 Å². The number of thioether (sulfide) groups is 1. The quantitative estimate of drug-likeness (QED) is 0.875. The van der Waals surface area contributed by atoms with Crippen molar-refractivity contribution in [3.05, 3.63) is 34.1 Å². The van der Waals surface area contributed by atoms with Crippen molar-refractivity contribution in [1.29, 1.82) is 0 Å². The minimum atomic E-state index is -0.206. The van der Waals surface area contributed by atoms with Crippen LogP contribution in [0.5, 0.6) is 0 Å². The highest BCUT2D eigenvalue weighted by Crippen LogP contribution is 2.29. The molecule has 1 saturated carbocycles. The van der Waals surface area contributed by atoms with E-state index < -0.39 is 0 Å². The summed E-state index contributed by atoms with van der Waals surface area (Å²) in [5.74, 6) is 0.606. The van der Waals surface area contributed by atoms with Gasteiger partial charge in [0.1, 0.15) is 5.82 Å². The number of amidine groups is 1. The number of fused-ring (bicyclic) bond motifs is 1. The molecule has 0 aromatic heterocycles. The molecular formula is C14H16BrFN2S. The predicted octanol–water partition coefficient (Wildman–Crippen LogP) is 4.09. The summed E-state index contributed by atoms with van der Waals surface area (Å²) in [4.78, 5) is 4.75. The van der Waals surface area contributed by atoms with Crippen molar-refractivity contribution in [1.82, 2.24) is 5.32 Å². The molecule has 1 aliphatic carbocycles. The van der Waals surface area contributed by atoms with Gasteiger partial charge in [0, 0.05) is 10.2 Å². The molecule has 1 fully saturated rings. The third kappa shape index (κ3) is 3.14. The molecule has 102 valence electrons. The number of benzene rings is 1. The molecule has 1 aliphatic heterocycles. The number of hydrogen-bond acceptors (Lipinski definition) is 3. The monoisotopic (exact) mass is 342 g/mol. The zero-order valence-corrected chi connectivity index (χ0v) is 12.9. The standard InChI is InChI=1S/C14H16BrFN2S/c15-11-7-10(16)6-5-9(11)8-19-14-17-12-3-1-2-4-13(12)18-14/h5-7,12-13H,1-4,8H2,(H,17,18)/t12-,13+. The Kier molecular flexibility index (Phi) is 4.12. The Balaban J connectivity index is 1.60. The molecule has 2 nitrogen and oxygen atoms in total. The Morgan fingerprint density at radius 2 is 2.21 bits per heavy atom. The average molecular weight is 343 g/mol. The Morgan fingerprint density at radius 1 is 1.37 bits per heavy atom. The zero-order chi connectivity index (χ0) is 13.2. The van der Waals surface area contributed by atoms with Crippen molar-refractivity contribution in [3.8, 4) is 0 Å². The highest BCUT2D eigenvalue weighted by molar-refractivity contribution is 9.10. The van der Waals surface area contributed by atoms with E-state index in [4.69, 9.17) is 4.99 Å². The van der Waals surface area contributed by atoms with Crippen LogP contribution in [-0.4, -0.2) is 17.3 Å². The zero-order valence-electron chi connectivity index (χ0n) is 10.5. The molecule has 0 radical (unpaired) electrons. The third-order valence-electron chi connectivity index (χ3n) is 3.70. The molecule has 0 spiro atoms. The van der Waals surface area contributed by atoms with Crippen LogP contribution in [0.4, 0.5) is 4.39 Å². The molecular weight excluding hydrogens is 327 g/mol. The molecule has 1 heterocycles. The summed E-state index contributed by atoms with van der Waals surface area (Å²) in [6.45, 7) is 0. The summed E-state index contributed by atoms with van der Waals surface area (Å²) in [5.41, 5.74) is 1.10. The van der Waals surface area contributed by atoms with Crippen molar-refractivity contribution in [2.24, 2.45) is 4.99 Å². The second kappa shape index (κ2) is 5.83. The van der Waals surface area contributed by atoms with E-state index in [0.717, 1.165) is 21.0 Å². The van der Waals surface area contributed by atoms with Gasteiger partial charge >= 0.3 is 0 Å². The summed E-state index contributed by atoms with van der Waals surface area (Å²) in [7, 11) is 0. The lowest BCUT2D eigenvalue weighted by atomic mass is 9.92. The molecule has 1 aromatic rings. The first-order valence-corrected chi connectivity index (χ1v) is 8.41. The maximum Gasteiger partial charge on any atom is 0.157 e. The number of halogens is 2. The van der Waals surface area contributed by atoms with E-state index in [1.165, 1.54) is 37.8 Å². The topological polar surface area (TPSA) is 24.4 Å². The normalized spacial score (nSPS) is 25.7. The smallest absolute Gasteiger partial charge is 0.157 e. The van der Waals surface area contributed by atoms with Gasteiger partial charge in [-0.3, -0.25) is 4.99 Å². The number of hydrogen-bond donors (Lipinski definition) is 1. The maximum atomic E-state index is 13.0. The fourth-order valence-electron chi connectivity index (χ4n) is 2.64. The molecule has 0 unspecified atom stereocenters. The van der Waals surface area contributed by atoms with Crippen molar-refractivity contribution < 1.29 is 4.39 Å². The lowest BCUT2D eigenvalue weighted by molar-refractivity contribution is 0.385. The minimum absolute atomic E-state index is 0.206. The molecule has 0 amide bonds. The van der Waals surface area contributed by atoms with E-state index in [1.54, 1.807) is 11.8 Å². The summed E-state index contributed by atoms with van der Waals surface area (Å²) >= 11 is 5.11. The number of nitrogens with one attached hydrogen (secondary N) is 1. The molecule has 0 saturated heterocycles.